The summed E-state index contributed by atoms with van der Waals surface area (Å²) in [6, 6.07) is 7.73. The zero-order valence-corrected chi connectivity index (χ0v) is 18.0. The first-order valence-corrected chi connectivity index (χ1v) is 10.1. The van der Waals surface area contributed by atoms with Crippen LogP contribution in [0.15, 0.2) is 24.3 Å². The summed E-state index contributed by atoms with van der Waals surface area (Å²) in [5, 5.41) is 3.17. The molecule has 3 aromatic rings. The minimum absolute atomic E-state index is 0.105. The Hall–Kier alpha value is -2.78. The highest BCUT2D eigenvalue weighted by atomic mass is 32.1. The van der Waals surface area contributed by atoms with Gasteiger partial charge < -0.3 is 19.5 Å². The lowest BCUT2D eigenvalue weighted by atomic mass is 10.3. The van der Waals surface area contributed by atoms with Gasteiger partial charge in [-0.3, -0.25) is 4.79 Å². The number of amides is 1. The van der Waals surface area contributed by atoms with E-state index in [-0.39, 0.29) is 18.6 Å². The fourth-order valence-corrected chi connectivity index (χ4v) is 3.78. The minimum atomic E-state index is -0.427. The van der Waals surface area contributed by atoms with Crippen molar-refractivity contribution in [1.29, 1.82) is 0 Å². The highest BCUT2D eigenvalue weighted by Gasteiger charge is 2.20. The lowest BCUT2D eigenvalue weighted by Gasteiger charge is -2.12. The molecule has 0 atom stereocenters. The number of benzene rings is 1. The zero-order valence-electron chi connectivity index (χ0n) is 17.2. The van der Waals surface area contributed by atoms with Crippen molar-refractivity contribution in [3.8, 4) is 0 Å². The highest BCUT2D eigenvalue weighted by Crippen LogP contribution is 2.24. The van der Waals surface area contributed by atoms with Crippen molar-refractivity contribution in [2.24, 2.45) is 0 Å². The molecule has 0 aliphatic carbocycles. The molecule has 9 heteroatoms. The number of aryl methyl sites for hydroxylation is 1. The fourth-order valence-electron chi connectivity index (χ4n) is 2.91. The number of hydrogen-bond acceptors (Lipinski definition) is 7. The Morgan fingerprint density at radius 1 is 1.24 bits per heavy atom. The molecule has 29 heavy (non-hydrogen) atoms. The molecule has 2 aromatic heterocycles. The van der Waals surface area contributed by atoms with Crippen LogP contribution < -0.4 is 5.32 Å². The fraction of sp³-hybridized carbons (Fsp3) is 0.400. The standard InChI is InChI=1S/C20H25N5O3S/c1-12(2)28-19(27)18-13(3)21-20(29-18)23-17(26)11-25-15-9-7-6-8-14(15)22-16(25)10-24(4)5/h6-9,12H,10-11H2,1-5H3,(H,21,23,26). The van der Waals surface area contributed by atoms with Gasteiger partial charge in [0.2, 0.25) is 5.91 Å². The summed E-state index contributed by atoms with van der Waals surface area (Å²) in [6.45, 7) is 6.02. The summed E-state index contributed by atoms with van der Waals surface area (Å²) < 4.78 is 7.13. The minimum Gasteiger partial charge on any atom is -0.459 e. The van der Waals surface area contributed by atoms with E-state index in [2.05, 4.69) is 15.3 Å². The van der Waals surface area contributed by atoms with Crippen molar-refractivity contribution >= 4 is 39.4 Å². The van der Waals surface area contributed by atoms with E-state index in [0.717, 1.165) is 28.2 Å². The van der Waals surface area contributed by atoms with Crippen LogP contribution >= 0.6 is 11.3 Å². The molecule has 0 fully saturated rings. The largest absolute Gasteiger partial charge is 0.459 e. The van der Waals surface area contributed by atoms with Gasteiger partial charge in [0, 0.05) is 0 Å². The molecule has 3 rings (SSSR count). The summed E-state index contributed by atoms with van der Waals surface area (Å²) in [4.78, 5) is 36.2. The Kier molecular flexibility index (Phi) is 6.29. The number of nitrogens with one attached hydrogen (secondary N) is 1. The summed E-state index contributed by atoms with van der Waals surface area (Å²) in [6.07, 6.45) is -0.216. The van der Waals surface area contributed by atoms with Crippen molar-refractivity contribution in [2.45, 2.75) is 40.0 Å². The average Bonchev–Trinajstić information content (AvgIpc) is 3.14. The number of thiazole rings is 1. The number of fused-ring (bicyclic) bond motifs is 1. The van der Waals surface area contributed by atoms with Crippen LogP contribution in [0.4, 0.5) is 5.13 Å². The lowest BCUT2D eigenvalue weighted by molar-refractivity contribution is -0.116. The van der Waals surface area contributed by atoms with E-state index in [9.17, 15) is 9.59 Å². The quantitative estimate of drug-likeness (QED) is 0.597. The second kappa shape index (κ2) is 8.71. The maximum Gasteiger partial charge on any atom is 0.350 e. The molecule has 0 radical (unpaired) electrons. The maximum atomic E-state index is 12.7. The average molecular weight is 416 g/mol. The van der Waals surface area contributed by atoms with E-state index >= 15 is 0 Å². The summed E-state index contributed by atoms with van der Waals surface area (Å²) in [5.74, 6) is 0.151. The van der Waals surface area contributed by atoms with Gasteiger partial charge in [-0.15, -0.1) is 0 Å². The number of rotatable bonds is 7. The van der Waals surface area contributed by atoms with Gasteiger partial charge in [0.05, 0.1) is 29.4 Å². The molecule has 0 spiro atoms. The number of carbonyl (C=O) groups is 2. The van der Waals surface area contributed by atoms with Gasteiger partial charge in [0.15, 0.2) is 5.13 Å². The topological polar surface area (TPSA) is 89.4 Å². The number of hydrogen-bond donors (Lipinski definition) is 1. The second-order valence-corrected chi connectivity index (χ2v) is 8.28. The lowest BCUT2D eigenvalue weighted by Crippen LogP contribution is -2.22. The normalized spacial score (nSPS) is 11.4. The Bertz CT molecular complexity index is 1040. The van der Waals surface area contributed by atoms with E-state index in [4.69, 9.17) is 4.74 Å². The van der Waals surface area contributed by atoms with Crippen LogP contribution in [0.25, 0.3) is 11.0 Å². The van der Waals surface area contributed by atoms with Crippen molar-refractivity contribution < 1.29 is 14.3 Å². The summed E-state index contributed by atoms with van der Waals surface area (Å²) in [7, 11) is 3.92. The van der Waals surface area contributed by atoms with Crippen LogP contribution in [0.5, 0.6) is 0 Å². The number of para-hydroxylation sites is 2. The van der Waals surface area contributed by atoms with E-state index in [0.29, 0.717) is 22.2 Å². The first-order chi connectivity index (χ1) is 13.7. The Morgan fingerprint density at radius 3 is 2.66 bits per heavy atom. The number of anilines is 1. The molecule has 1 aromatic carbocycles. The van der Waals surface area contributed by atoms with E-state index in [1.165, 1.54) is 0 Å². The number of imidazole rings is 1. The van der Waals surface area contributed by atoms with E-state index < -0.39 is 5.97 Å². The SMILES string of the molecule is Cc1nc(NC(=O)Cn2c(CN(C)C)nc3ccccc32)sc1C(=O)OC(C)C. The van der Waals surface area contributed by atoms with Crippen molar-refractivity contribution in [3.05, 3.63) is 40.7 Å². The van der Waals surface area contributed by atoms with Crippen LogP contribution in [0, 0.1) is 6.92 Å². The van der Waals surface area contributed by atoms with Gasteiger partial charge in [0.25, 0.3) is 0 Å². The highest BCUT2D eigenvalue weighted by molar-refractivity contribution is 7.17. The third-order valence-electron chi connectivity index (χ3n) is 4.06. The van der Waals surface area contributed by atoms with Crippen LogP contribution in [0.1, 0.15) is 35.0 Å². The molecule has 2 heterocycles. The third kappa shape index (κ3) is 4.99. The Labute approximate surface area is 173 Å². The van der Waals surface area contributed by atoms with Gasteiger partial charge in [-0.1, -0.05) is 23.5 Å². The molecule has 0 unspecified atom stereocenters. The van der Waals surface area contributed by atoms with Gasteiger partial charge in [-0.05, 0) is 47.0 Å². The third-order valence-corrected chi connectivity index (χ3v) is 5.12. The molecular formula is C20H25N5O3S. The number of ether oxygens (including phenoxy) is 1. The van der Waals surface area contributed by atoms with Gasteiger partial charge in [-0.2, -0.15) is 0 Å². The Morgan fingerprint density at radius 2 is 1.97 bits per heavy atom. The molecule has 0 bridgehead atoms. The van der Waals surface area contributed by atoms with Gasteiger partial charge in [-0.25, -0.2) is 14.8 Å². The first-order valence-electron chi connectivity index (χ1n) is 9.31. The smallest absolute Gasteiger partial charge is 0.350 e. The van der Waals surface area contributed by atoms with Crippen molar-refractivity contribution in [3.63, 3.8) is 0 Å². The molecule has 154 valence electrons. The van der Waals surface area contributed by atoms with Gasteiger partial charge in [0.1, 0.15) is 17.2 Å². The molecule has 0 saturated heterocycles. The maximum absolute atomic E-state index is 12.7. The van der Waals surface area contributed by atoms with E-state index in [1.807, 2.05) is 47.8 Å². The van der Waals surface area contributed by atoms with Crippen LogP contribution in [-0.4, -0.2) is 51.5 Å². The molecular weight excluding hydrogens is 390 g/mol. The Balaban J connectivity index is 1.79. The second-order valence-electron chi connectivity index (χ2n) is 7.28. The monoisotopic (exact) mass is 415 g/mol. The number of carbonyl (C=O) groups excluding carboxylic acids is 2. The number of aromatic nitrogens is 3. The van der Waals surface area contributed by atoms with Crippen molar-refractivity contribution in [1.82, 2.24) is 19.4 Å². The number of esters is 1. The first kappa shape index (κ1) is 20.9. The van der Waals surface area contributed by atoms with Crippen LogP contribution in [-0.2, 0) is 22.6 Å². The summed E-state index contributed by atoms with van der Waals surface area (Å²) >= 11 is 1.12. The molecule has 1 N–H and O–H groups in total. The van der Waals surface area contributed by atoms with Crippen LogP contribution in [0.2, 0.25) is 0 Å². The van der Waals surface area contributed by atoms with E-state index in [1.54, 1.807) is 20.8 Å². The molecule has 1 amide bonds. The number of nitrogens with zero attached hydrogens (tertiary/aromatic N) is 4. The molecule has 8 nitrogen and oxygen atoms in total. The van der Waals surface area contributed by atoms with Crippen LogP contribution in [0.3, 0.4) is 0 Å². The molecule has 0 aliphatic rings. The predicted molar refractivity (Wildman–Crippen MR) is 113 cm³/mol. The summed E-state index contributed by atoms with van der Waals surface area (Å²) in [5.41, 5.74) is 2.29. The van der Waals surface area contributed by atoms with Crippen molar-refractivity contribution in [2.75, 3.05) is 19.4 Å². The molecule has 0 saturated carbocycles. The zero-order chi connectivity index (χ0) is 21.1. The van der Waals surface area contributed by atoms with Gasteiger partial charge >= 0.3 is 5.97 Å². The molecule has 0 aliphatic heterocycles. The predicted octanol–water partition coefficient (Wildman–Crippen LogP) is 3.07.